The molecular formula is C8H13N3O2. The highest BCUT2D eigenvalue weighted by molar-refractivity contribution is 6.11. The topological polar surface area (TPSA) is 43.9 Å². The molecule has 0 saturated carbocycles. The van der Waals surface area contributed by atoms with Gasteiger partial charge in [-0.3, -0.25) is 14.6 Å². The third-order valence-electron chi connectivity index (χ3n) is 1.84. The number of hydrogen-bond donors (Lipinski definition) is 0. The van der Waals surface area contributed by atoms with Crippen LogP contribution in [0.15, 0.2) is 11.9 Å². The van der Waals surface area contributed by atoms with Gasteiger partial charge in [0, 0.05) is 34.4 Å². The van der Waals surface area contributed by atoms with Gasteiger partial charge in [0.1, 0.15) is 5.70 Å². The van der Waals surface area contributed by atoms with Crippen molar-refractivity contribution < 1.29 is 9.59 Å². The van der Waals surface area contributed by atoms with Crippen molar-refractivity contribution in [2.24, 2.45) is 0 Å². The summed E-state index contributed by atoms with van der Waals surface area (Å²) in [4.78, 5) is 26.9. The molecule has 0 spiro atoms. The largest absolute Gasteiger partial charge is 0.382 e. The van der Waals surface area contributed by atoms with Gasteiger partial charge < -0.3 is 4.90 Å². The van der Waals surface area contributed by atoms with Crippen molar-refractivity contribution in [1.82, 2.24) is 14.7 Å². The smallest absolute Gasteiger partial charge is 0.331 e. The van der Waals surface area contributed by atoms with E-state index in [1.807, 2.05) is 0 Å². The first kappa shape index (κ1) is 9.57. The predicted molar refractivity (Wildman–Crippen MR) is 47.7 cm³/mol. The SMILES string of the molecule is CN(C)/C=C1\C(=O)N(C)C(=O)N1C. The van der Waals surface area contributed by atoms with Gasteiger partial charge in [0.15, 0.2) is 0 Å². The molecule has 1 heterocycles. The molecule has 0 aliphatic carbocycles. The Bertz CT molecular complexity index is 283. The molecule has 0 N–H and O–H groups in total. The van der Waals surface area contributed by atoms with Crippen LogP contribution < -0.4 is 0 Å². The van der Waals surface area contributed by atoms with Gasteiger partial charge in [-0.2, -0.15) is 0 Å². The number of carbonyl (C=O) groups is 2. The Hall–Kier alpha value is -1.52. The van der Waals surface area contributed by atoms with Gasteiger partial charge >= 0.3 is 6.03 Å². The van der Waals surface area contributed by atoms with E-state index in [-0.39, 0.29) is 11.9 Å². The minimum Gasteiger partial charge on any atom is -0.382 e. The number of likely N-dealkylation sites (N-methyl/N-ethyl adjacent to an activating group) is 2. The lowest BCUT2D eigenvalue weighted by Crippen LogP contribution is -2.27. The van der Waals surface area contributed by atoms with E-state index in [2.05, 4.69) is 0 Å². The Morgan fingerprint density at radius 3 is 2.00 bits per heavy atom. The Morgan fingerprint density at radius 1 is 1.15 bits per heavy atom. The molecule has 0 bridgehead atoms. The van der Waals surface area contributed by atoms with E-state index in [1.165, 1.54) is 11.9 Å². The van der Waals surface area contributed by atoms with Crippen molar-refractivity contribution in [2.45, 2.75) is 0 Å². The third kappa shape index (κ3) is 1.49. The summed E-state index contributed by atoms with van der Waals surface area (Å²) < 4.78 is 0. The monoisotopic (exact) mass is 183 g/mol. The van der Waals surface area contributed by atoms with E-state index in [4.69, 9.17) is 0 Å². The average molecular weight is 183 g/mol. The highest BCUT2D eigenvalue weighted by atomic mass is 16.2. The van der Waals surface area contributed by atoms with Crippen molar-refractivity contribution >= 4 is 11.9 Å². The van der Waals surface area contributed by atoms with Crippen molar-refractivity contribution in [3.63, 3.8) is 0 Å². The van der Waals surface area contributed by atoms with Crippen LogP contribution in [0.2, 0.25) is 0 Å². The lowest BCUT2D eigenvalue weighted by Gasteiger charge is -2.10. The molecule has 1 aliphatic rings. The zero-order valence-electron chi connectivity index (χ0n) is 8.24. The van der Waals surface area contributed by atoms with Crippen molar-refractivity contribution in [3.05, 3.63) is 11.9 Å². The first-order valence-corrected chi connectivity index (χ1v) is 3.89. The van der Waals surface area contributed by atoms with Gasteiger partial charge in [-0.1, -0.05) is 0 Å². The number of nitrogens with zero attached hydrogens (tertiary/aromatic N) is 3. The van der Waals surface area contributed by atoms with Crippen LogP contribution in [-0.4, -0.2) is 54.8 Å². The summed E-state index contributed by atoms with van der Waals surface area (Å²) in [5.74, 6) is -0.263. The fraction of sp³-hybridized carbons (Fsp3) is 0.500. The Kier molecular flexibility index (Phi) is 2.27. The number of rotatable bonds is 1. The summed E-state index contributed by atoms with van der Waals surface area (Å²) in [7, 11) is 6.66. The molecule has 72 valence electrons. The van der Waals surface area contributed by atoms with Crippen LogP contribution in [0.3, 0.4) is 0 Å². The van der Waals surface area contributed by atoms with Crippen LogP contribution in [-0.2, 0) is 4.79 Å². The quantitative estimate of drug-likeness (QED) is 0.421. The molecule has 1 aliphatic heterocycles. The minimum absolute atomic E-state index is 0.263. The van der Waals surface area contributed by atoms with Gasteiger partial charge in [-0.05, 0) is 0 Å². The molecule has 0 atom stereocenters. The molecule has 0 unspecified atom stereocenters. The molecule has 1 saturated heterocycles. The van der Waals surface area contributed by atoms with Crippen molar-refractivity contribution in [2.75, 3.05) is 28.2 Å². The number of urea groups is 1. The molecule has 0 radical (unpaired) electrons. The highest BCUT2D eigenvalue weighted by Gasteiger charge is 2.35. The van der Waals surface area contributed by atoms with Crippen molar-refractivity contribution in [3.8, 4) is 0 Å². The molecule has 1 fully saturated rings. The van der Waals surface area contributed by atoms with Gasteiger partial charge in [0.2, 0.25) is 0 Å². The van der Waals surface area contributed by atoms with E-state index in [9.17, 15) is 9.59 Å². The van der Waals surface area contributed by atoms with Crippen LogP contribution in [0.5, 0.6) is 0 Å². The first-order chi connectivity index (χ1) is 5.95. The molecular weight excluding hydrogens is 170 g/mol. The molecule has 0 aromatic rings. The summed E-state index contributed by atoms with van der Waals surface area (Å²) in [6.07, 6.45) is 1.63. The fourth-order valence-corrected chi connectivity index (χ4v) is 1.12. The van der Waals surface area contributed by atoms with Crippen LogP contribution in [0.4, 0.5) is 4.79 Å². The maximum Gasteiger partial charge on any atom is 0.331 e. The number of amides is 3. The highest BCUT2D eigenvalue weighted by Crippen LogP contribution is 2.16. The van der Waals surface area contributed by atoms with Gasteiger partial charge in [-0.15, -0.1) is 0 Å². The Morgan fingerprint density at radius 2 is 1.69 bits per heavy atom. The average Bonchev–Trinajstić information content (AvgIpc) is 2.22. The first-order valence-electron chi connectivity index (χ1n) is 3.89. The van der Waals surface area contributed by atoms with E-state index < -0.39 is 0 Å². The van der Waals surface area contributed by atoms with Gasteiger partial charge in [0.05, 0.1) is 0 Å². The van der Waals surface area contributed by atoms with Crippen LogP contribution in [0.25, 0.3) is 0 Å². The molecule has 1 rings (SSSR count). The Labute approximate surface area is 77.2 Å². The summed E-state index contributed by atoms with van der Waals surface area (Å²) in [6, 6.07) is -0.293. The third-order valence-corrected chi connectivity index (χ3v) is 1.84. The fourth-order valence-electron chi connectivity index (χ4n) is 1.12. The van der Waals surface area contributed by atoms with Crippen molar-refractivity contribution in [1.29, 1.82) is 0 Å². The summed E-state index contributed by atoms with van der Waals surface area (Å²) in [5.41, 5.74) is 0.400. The number of imide groups is 1. The van der Waals surface area contributed by atoms with Gasteiger partial charge in [0.25, 0.3) is 5.91 Å². The predicted octanol–water partition coefficient (Wildman–Crippen LogP) is -0.0868. The molecule has 0 aromatic carbocycles. The summed E-state index contributed by atoms with van der Waals surface area (Å²) in [6.45, 7) is 0. The van der Waals surface area contributed by atoms with Crippen LogP contribution in [0.1, 0.15) is 0 Å². The van der Waals surface area contributed by atoms with E-state index >= 15 is 0 Å². The van der Waals surface area contributed by atoms with E-state index in [0.29, 0.717) is 5.70 Å². The molecule has 3 amide bonds. The maximum absolute atomic E-state index is 11.4. The lowest BCUT2D eigenvalue weighted by atomic mass is 10.4. The second kappa shape index (κ2) is 3.08. The minimum atomic E-state index is -0.293. The molecule has 5 heteroatoms. The molecule has 13 heavy (non-hydrogen) atoms. The molecule has 0 aromatic heterocycles. The van der Waals surface area contributed by atoms with Crippen LogP contribution >= 0.6 is 0 Å². The van der Waals surface area contributed by atoms with Gasteiger partial charge in [-0.25, -0.2) is 4.79 Å². The Balaban J connectivity index is 3.01. The second-order valence-electron chi connectivity index (χ2n) is 3.18. The summed E-state index contributed by atoms with van der Waals surface area (Å²) in [5, 5.41) is 0. The second-order valence-corrected chi connectivity index (χ2v) is 3.18. The van der Waals surface area contributed by atoms with Crippen LogP contribution in [0, 0.1) is 0 Å². The lowest BCUT2D eigenvalue weighted by molar-refractivity contribution is -0.122. The number of hydrogen-bond acceptors (Lipinski definition) is 3. The molecule has 5 nitrogen and oxygen atoms in total. The van der Waals surface area contributed by atoms with E-state index in [0.717, 1.165) is 4.90 Å². The normalized spacial score (nSPS) is 20.5. The zero-order chi connectivity index (χ0) is 10.2. The summed E-state index contributed by atoms with van der Waals surface area (Å²) >= 11 is 0. The van der Waals surface area contributed by atoms with E-state index in [1.54, 1.807) is 32.2 Å². The maximum atomic E-state index is 11.4. The standard InChI is InChI=1S/C8H13N3O2/c1-9(2)5-6-7(12)11(4)8(13)10(6)3/h5H,1-4H3/b6-5+. The zero-order valence-corrected chi connectivity index (χ0v) is 8.24. The number of carbonyl (C=O) groups excluding carboxylic acids is 2.